The zero-order chi connectivity index (χ0) is 16.9. The van der Waals surface area contributed by atoms with E-state index in [1.807, 2.05) is 18.2 Å². The molecule has 8 heteroatoms. The van der Waals surface area contributed by atoms with Gasteiger partial charge in [-0.25, -0.2) is 18.9 Å². The molecule has 0 bridgehead atoms. The number of methoxy groups -OCH3 is 1. The number of ether oxygens (including phenoxy) is 1. The van der Waals surface area contributed by atoms with Gasteiger partial charge in [-0.2, -0.15) is 0 Å². The highest BCUT2D eigenvalue weighted by Gasteiger charge is 2.30. The third kappa shape index (κ3) is 3.91. The molecule has 1 aliphatic rings. The lowest BCUT2D eigenvalue weighted by atomic mass is 9.88. The molecule has 1 unspecified atom stereocenters. The predicted molar refractivity (Wildman–Crippen MR) is 95.4 cm³/mol. The van der Waals surface area contributed by atoms with Gasteiger partial charge < -0.3 is 4.74 Å². The Bertz CT molecular complexity index is 768. The summed E-state index contributed by atoms with van der Waals surface area (Å²) in [6.07, 6.45) is 4.97. The lowest BCUT2D eigenvalue weighted by Gasteiger charge is -2.31. The second-order valence-electron chi connectivity index (χ2n) is 5.40. The smallest absolute Gasteiger partial charge is 0.144 e. The minimum atomic E-state index is -1.34. The zero-order valence-corrected chi connectivity index (χ0v) is 14.6. The van der Waals surface area contributed by atoms with Gasteiger partial charge in [-0.15, -0.1) is 0 Å². The molecule has 2 aromatic rings. The molecule has 0 spiro atoms. The Morgan fingerprint density at radius 2 is 2.12 bits per heavy atom. The molecule has 1 atom stereocenters. The first-order valence-electron chi connectivity index (χ1n) is 7.41. The van der Waals surface area contributed by atoms with Crippen molar-refractivity contribution in [3.63, 3.8) is 0 Å². The monoisotopic (exact) mass is 360 g/mol. The Kier molecular flexibility index (Phi) is 5.42. The minimum absolute atomic E-state index is 0.174. The number of nitrogens with zero attached hydrogens (tertiary/aromatic N) is 3. The number of aliphatic imine (C=N–C) groups is 1. The third-order valence-corrected chi connectivity index (χ3v) is 5.09. The van der Waals surface area contributed by atoms with Gasteiger partial charge in [0.05, 0.1) is 30.2 Å². The number of pyridine rings is 2. The summed E-state index contributed by atoms with van der Waals surface area (Å²) in [6, 6.07) is 7.68. The zero-order valence-electron chi connectivity index (χ0n) is 13.0. The minimum Gasteiger partial charge on any atom is -0.495 e. The highest BCUT2D eigenvalue weighted by molar-refractivity contribution is 7.83. The van der Waals surface area contributed by atoms with Crippen molar-refractivity contribution in [2.75, 3.05) is 7.11 Å². The second kappa shape index (κ2) is 7.72. The fourth-order valence-corrected chi connectivity index (χ4v) is 3.49. The van der Waals surface area contributed by atoms with Crippen LogP contribution in [-0.2, 0) is 11.0 Å². The van der Waals surface area contributed by atoms with Crippen LogP contribution in [0.4, 0.5) is 0 Å². The number of rotatable bonds is 6. The van der Waals surface area contributed by atoms with Gasteiger partial charge in [-0.1, -0.05) is 0 Å². The van der Waals surface area contributed by atoms with Crippen LogP contribution in [0.1, 0.15) is 12.8 Å². The van der Waals surface area contributed by atoms with Crippen molar-refractivity contribution in [2.45, 2.75) is 30.0 Å². The molecule has 1 N–H and O–H groups in total. The van der Waals surface area contributed by atoms with Crippen LogP contribution in [0.2, 0.25) is 0 Å². The van der Waals surface area contributed by atoms with E-state index in [1.165, 1.54) is 0 Å². The molecule has 0 radical (unpaired) electrons. The van der Waals surface area contributed by atoms with E-state index in [9.17, 15) is 4.21 Å². The first kappa shape index (κ1) is 16.9. The summed E-state index contributed by atoms with van der Waals surface area (Å²) in [5.41, 5.74) is 1.64. The van der Waals surface area contributed by atoms with Crippen molar-refractivity contribution < 1.29 is 8.95 Å². The number of nitrogens with one attached hydrogen (secondary N) is 1. The van der Waals surface area contributed by atoms with Gasteiger partial charge in [0.1, 0.15) is 21.8 Å². The Hall–Kier alpha value is -1.99. The van der Waals surface area contributed by atoms with Crippen molar-refractivity contribution in [3.8, 4) is 17.0 Å². The third-order valence-electron chi connectivity index (χ3n) is 3.82. The van der Waals surface area contributed by atoms with Crippen molar-refractivity contribution in [2.24, 2.45) is 4.99 Å². The maximum atomic E-state index is 12.3. The summed E-state index contributed by atoms with van der Waals surface area (Å²) in [5.74, 6) is 0.699. The van der Waals surface area contributed by atoms with Gasteiger partial charge in [0, 0.05) is 17.8 Å². The van der Waals surface area contributed by atoms with E-state index < -0.39 is 11.0 Å². The van der Waals surface area contributed by atoms with Gasteiger partial charge in [0.25, 0.3) is 0 Å². The number of aromatic nitrogens is 2. The summed E-state index contributed by atoms with van der Waals surface area (Å²) in [5, 5.41) is 2.88. The average molecular weight is 360 g/mol. The van der Waals surface area contributed by atoms with Crippen LogP contribution in [-0.4, -0.2) is 38.5 Å². The summed E-state index contributed by atoms with van der Waals surface area (Å²) in [6.45, 7) is 0. The molecule has 6 nitrogen and oxygen atoms in total. The number of thiocarbonyl (C=S) groups is 1. The Balaban J connectivity index is 1.61. The van der Waals surface area contributed by atoms with Crippen LogP contribution in [0.25, 0.3) is 11.3 Å². The Labute approximate surface area is 148 Å². The van der Waals surface area contributed by atoms with Gasteiger partial charge in [0.2, 0.25) is 0 Å². The molecule has 3 rings (SSSR count). The van der Waals surface area contributed by atoms with Crippen LogP contribution in [0.3, 0.4) is 0 Å². The van der Waals surface area contributed by atoms with Gasteiger partial charge in [-0.3, -0.25) is 4.98 Å². The molecule has 1 saturated carbocycles. The van der Waals surface area contributed by atoms with Gasteiger partial charge in [0.15, 0.2) is 0 Å². The Morgan fingerprint density at radius 3 is 2.71 bits per heavy atom. The molecule has 2 aromatic heterocycles. The van der Waals surface area contributed by atoms with E-state index >= 15 is 0 Å². The summed E-state index contributed by atoms with van der Waals surface area (Å²) < 4.78 is 20.4. The lowest BCUT2D eigenvalue weighted by Crippen LogP contribution is -2.44. The molecular formula is C16H16N4O2S2. The molecular weight excluding hydrogens is 344 g/mol. The van der Waals surface area contributed by atoms with E-state index in [2.05, 4.69) is 37.1 Å². The Morgan fingerprint density at radius 1 is 1.29 bits per heavy atom. The molecule has 0 amide bonds. The number of hydrogen-bond acceptors (Lipinski definition) is 6. The maximum absolute atomic E-state index is 12.3. The first-order chi connectivity index (χ1) is 11.7. The summed E-state index contributed by atoms with van der Waals surface area (Å²) in [4.78, 5) is 12.6. The topological polar surface area (TPSA) is 76.5 Å². The molecule has 0 saturated heterocycles. The van der Waals surface area contributed by atoms with Crippen LogP contribution < -0.4 is 9.46 Å². The standard InChI is InChI=1S/C16H16N4O2S2/c1-22-14-3-4-15(17-9-14)11-2-5-16(18-8-11)24(21)20-13-6-12(7-13)19-10-23/h2-5,8-9,12-13,20H,6-7H2,1H3. The maximum Gasteiger partial charge on any atom is 0.144 e. The highest BCUT2D eigenvalue weighted by Crippen LogP contribution is 2.24. The fourth-order valence-electron chi connectivity index (χ4n) is 2.39. The lowest BCUT2D eigenvalue weighted by molar-refractivity contribution is 0.334. The normalized spacial score (nSPS) is 20.5. The van der Waals surface area contributed by atoms with Crippen molar-refractivity contribution in [3.05, 3.63) is 36.7 Å². The molecule has 1 fully saturated rings. The molecule has 24 heavy (non-hydrogen) atoms. The van der Waals surface area contributed by atoms with Gasteiger partial charge in [-0.05, 0) is 49.3 Å². The SMILES string of the molecule is COc1ccc(-c2ccc(S(=O)NC3CC(N=C=S)C3)nc2)nc1. The molecule has 2 heterocycles. The quantitative estimate of drug-likeness (QED) is 0.632. The molecule has 0 aromatic carbocycles. The largest absolute Gasteiger partial charge is 0.495 e. The van der Waals surface area contributed by atoms with Crippen molar-refractivity contribution in [1.29, 1.82) is 0 Å². The van der Waals surface area contributed by atoms with E-state index in [-0.39, 0.29) is 12.1 Å². The van der Waals surface area contributed by atoms with E-state index in [4.69, 9.17) is 4.74 Å². The second-order valence-corrected chi connectivity index (χ2v) is 6.77. The first-order valence-corrected chi connectivity index (χ1v) is 8.97. The number of isothiocyanates is 1. The van der Waals surface area contributed by atoms with Crippen LogP contribution in [0.5, 0.6) is 5.75 Å². The van der Waals surface area contributed by atoms with E-state index in [1.54, 1.807) is 25.6 Å². The van der Waals surface area contributed by atoms with Crippen LogP contribution in [0.15, 0.2) is 46.7 Å². The molecule has 0 aliphatic heterocycles. The predicted octanol–water partition coefficient (Wildman–Crippen LogP) is 2.40. The van der Waals surface area contributed by atoms with Crippen molar-refractivity contribution >= 4 is 28.4 Å². The van der Waals surface area contributed by atoms with E-state index in [0.717, 1.165) is 24.1 Å². The summed E-state index contributed by atoms with van der Waals surface area (Å²) in [7, 11) is 0.258. The fraction of sp³-hybridized carbons (Fsp3) is 0.312. The van der Waals surface area contributed by atoms with Crippen LogP contribution in [0, 0.1) is 0 Å². The summed E-state index contributed by atoms with van der Waals surface area (Å²) >= 11 is 4.58. The molecule has 1 aliphatic carbocycles. The van der Waals surface area contributed by atoms with Gasteiger partial charge >= 0.3 is 0 Å². The van der Waals surface area contributed by atoms with Crippen LogP contribution >= 0.6 is 12.2 Å². The number of hydrogen-bond donors (Lipinski definition) is 1. The average Bonchev–Trinajstić information content (AvgIpc) is 2.60. The highest BCUT2D eigenvalue weighted by atomic mass is 32.2. The van der Waals surface area contributed by atoms with Crippen molar-refractivity contribution in [1.82, 2.24) is 14.7 Å². The molecule has 124 valence electrons. The van der Waals surface area contributed by atoms with E-state index in [0.29, 0.717) is 10.8 Å².